The average Bonchev–Trinajstić information content (AvgIpc) is 3.93. The van der Waals surface area contributed by atoms with Crippen molar-refractivity contribution in [3.05, 3.63) is 71.6 Å². The number of alkyl halides is 2. The smallest absolute Gasteiger partial charge is 0.411 e. The number of carbonyl (C=O) groups excluding carboxylic acids is 2. The van der Waals surface area contributed by atoms with Gasteiger partial charge < -0.3 is 19.6 Å². The Balaban J connectivity index is 1.09. The van der Waals surface area contributed by atoms with Crippen LogP contribution >= 0.6 is 0 Å². The van der Waals surface area contributed by atoms with E-state index in [1.807, 2.05) is 6.20 Å². The summed E-state index contributed by atoms with van der Waals surface area (Å²) in [5.41, 5.74) is 8.25. The highest BCUT2D eigenvalue weighted by Crippen LogP contribution is 2.55. The standard InChI is InChI=1S/C39H43BF2N6O3/c1-38(2,3)51-37(50)48-21-25(42)17-32(48)35-44-19-30(46-35)27-11-10-26(33-28(27)12-15-39(33)13-4-5-14-39)22-6-8-23(9-7-22)29-18-43-34(45-29)31-16-24(41)20-47(31)36(40)49/h6-11,18-19,24-25,31-32H,4-5,12-17,20-21H2,1-3H3,(H,43,45)(H,44,46)/t24-,25-,31-,32-/m0/s1. The summed E-state index contributed by atoms with van der Waals surface area (Å²) in [6, 6.07) is 11.8. The van der Waals surface area contributed by atoms with Crippen molar-refractivity contribution in [1.82, 2.24) is 29.7 Å². The molecule has 3 fully saturated rings. The first-order valence-electron chi connectivity index (χ1n) is 18.1. The lowest BCUT2D eigenvalue weighted by atomic mass is 9.76. The number of aromatic nitrogens is 4. The van der Waals surface area contributed by atoms with Crippen LogP contribution in [0.25, 0.3) is 33.6 Å². The number of amides is 2. The number of ether oxygens (including phenoxy) is 1. The quantitative estimate of drug-likeness (QED) is 0.205. The molecule has 4 aromatic rings. The summed E-state index contributed by atoms with van der Waals surface area (Å²) >= 11 is 0. The van der Waals surface area contributed by atoms with Crippen LogP contribution in [-0.4, -0.2) is 80.5 Å². The van der Waals surface area contributed by atoms with Crippen molar-refractivity contribution in [2.75, 3.05) is 13.1 Å². The van der Waals surface area contributed by atoms with Gasteiger partial charge in [-0.1, -0.05) is 49.2 Å². The molecule has 2 aliphatic carbocycles. The molecule has 264 valence electrons. The molecule has 4 heterocycles. The molecule has 4 aliphatic rings. The summed E-state index contributed by atoms with van der Waals surface area (Å²) < 4.78 is 34.5. The molecule has 2 aromatic carbocycles. The summed E-state index contributed by atoms with van der Waals surface area (Å²) in [7, 11) is 5.51. The minimum Gasteiger partial charge on any atom is -0.444 e. The van der Waals surface area contributed by atoms with Crippen molar-refractivity contribution < 1.29 is 23.1 Å². The molecule has 2 aromatic heterocycles. The van der Waals surface area contributed by atoms with Crippen molar-refractivity contribution in [2.45, 2.75) is 108 Å². The molecular formula is C39H43BF2N6O3. The fraction of sp³-hybridized carbons (Fsp3) is 0.487. The molecule has 0 bridgehead atoms. The predicted molar refractivity (Wildman–Crippen MR) is 191 cm³/mol. The minimum absolute atomic E-state index is 0.0173. The van der Waals surface area contributed by atoms with Gasteiger partial charge in [0.05, 0.1) is 49.0 Å². The number of imidazole rings is 2. The van der Waals surface area contributed by atoms with Crippen molar-refractivity contribution >= 4 is 19.7 Å². The fourth-order valence-corrected chi connectivity index (χ4v) is 9.03. The Kier molecular flexibility index (Phi) is 8.34. The zero-order valence-electron chi connectivity index (χ0n) is 29.3. The van der Waals surface area contributed by atoms with Gasteiger partial charge in [0.25, 0.3) is 0 Å². The lowest BCUT2D eigenvalue weighted by Gasteiger charge is -2.28. The van der Waals surface area contributed by atoms with E-state index in [0.29, 0.717) is 11.6 Å². The highest BCUT2D eigenvalue weighted by atomic mass is 19.1. The zero-order valence-corrected chi connectivity index (χ0v) is 29.3. The van der Waals surface area contributed by atoms with Crippen LogP contribution in [-0.2, 0) is 16.6 Å². The number of aromatic amines is 2. The van der Waals surface area contributed by atoms with Crippen LogP contribution in [0.3, 0.4) is 0 Å². The van der Waals surface area contributed by atoms with Gasteiger partial charge in [-0.05, 0) is 79.7 Å². The van der Waals surface area contributed by atoms with Crippen molar-refractivity contribution in [2.24, 2.45) is 0 Å². The van der Waals surface area contributed by atoms with Gasteiger partial charge in [-0.2, -0.15) is 0 Å². The molecule has 8 rings (SSSR count). The van der Waals surface area contributed by atoms with E-state index in [1.165, 1.54) is 39.3 Å². The molecule has 51 heavy (non-hydrogen) atoms. The Morgan fingerprint density at radius 3 is 2.04 bits per heavy atom. The second-order valence-corrected chi connectivity index (χ2v) is 15.8. The molecule has 4 atom stereocenters. The molecule has 12 heteroatoms. The van der Waals surface area contributed by atoms with E-state index in [2.05, 4.69) is 51.4 Å². The van der Waals surface area contributed by atoms with Gasteiger partial charge in [0.1, 0.15) is 29.6 Å². The Bertz CT molecular complexity index is 1960. The van der Waals surface area contributed by atoms with E-state index in [0.717, 1.165) is 53.8 Å². The second kappa shape index (κ2) is 12.6. The van der Waals surface area contributed by atoms with Gasteiger partial charge in [0.15, 0.2) is 5.81 Å². The molecule has 1 spiro atoms. The van der Waals surface area contributed by atoms with E-state index in [-0.39, 0.29) is 31.3 Å². The number of nitrogens with one attached hydrogen (secondary N) is 2. The molecule has 2 aliphatic heterocycles. The first-order valence-corrected chi connectivity index (χ1v) is 18.1. The second-order valence-electron chi connectivity index (χ2n) is 15.8. The molecule has 2 amide bonds. The SMILES string of the molecule is [B]C(=O)N1C[C@@H](F)C[C@H]1c1ncc(-c2ccc(-c3ccc(-c4cnc([C@@H]5C[C@H](F)CN5C(=O)OC(C)(C)C)[nH]4)c4c3C3(CCCC3)CC4)cc2)[nH]1. The van der Waals surface area contributed by atoms with E-state index in [1.54, 1.807) is 27.0 Å². The largest absolute Gasteiger partial charge is 0.444 e. The number of hydrogen-bond acceptors (Lipinski definition) is 5. The van der Waals surface area contributed by atoms with E-state index in [9.17, 15) is 18.4 Å². The van der Waals surface area contributed by atoms with Gasteiger partial charge in [-0.25, -0.2) is 23.5 Å². The van der Waals surface area contributed by atoms with Crippen LogP contribution in [0.5, 0.6) is 0 Å². The third kappa shape index (κ3) is 6.14. The fourth-order valence-electron chi connectivity index (χ4n) is 9.03. The van der Waals surface area contributed by atoms with Gasteiger partial charge in [-0.3, -0.25) is 9.69 Å². The van der Waals surface area contributed by atoms with Gasteiger partial charge in [-0.15, -0.1) is 0 Å². The van der Waals surface area contributed by atoms with Crippen LogP contribution < -0.4 is 0 Å². The summed E-state index contributed by atoms with van der Waals surface area (Å²) in [6.07, 6.45) is 7.88. The summed E-state index contributed by atoms with van der Waals surface area (Å²) in [5.74, 6) is 0.448. The number of H-pyrrole nitrogens is 2. The van der Waals surface area contributed by atoms with E-state index in [4.69, 9.17) is 17.6 Å². The molecule has 2 radical (unpaired) electrons. The van der Waals surface area contributed by atoms with Crippen LogP contribution in [0.4, 0.5) is 18.4 Å². The first-order chi connectivity index (χ1) is 24.4. The first kappa shape index (κ1) is 33.7. The normalized spacial score (nSPS) is 24.1. The zero-order chi connectivity index (χ0) is 35.7. The Morgan fingerprint density at radius 2 is 1.39 bits per heavy atom. The highest BCUT2D eigenvalue weighted by Gasteiger charge is 2.44. The lowest BCUT2D eigenvalue weighted by molar-refractivity contribution is 0.0211. The Labute approximate surface area is 298 Å². The lowest BCUT2D eigenvalue weighted by Crippen LogP contribution is -2.37. The van der Waals surface area contributed by atoms with Crippen LogP contribution in [0.2, 0.25) is 0 Å². The van der Waals surface area contributed by atoms with Gasteiger partial charge >= 0.3 is 6.09 Å². The topological polar surface area (TPSA) is 107 Å². The van der Waals surface area contributed by atoms with Crippen LogP contribution in [0.1, 0.15) is 101 Å². The monoisotopic (exact) mass is 692 g/mol. The van der Waals surface area contributed by atoms with Gasteiger partial charge in [0.2, 0.25) is 7.85 Å². The number of carbonyl (C=O) groups is 2. The average molecular weight is 693 g/mol. The number of fused-ring (bicyclic) bond motifs is 2. The number of nitrogens with zero attached hydrogens (tertiary/aromatic N) is 4. The van der Waals surface area contributed by atoms with Crippen molar-refractivity contribution in [3.63, 3.8) is 0 Å². The summed E-state index contributed by atoms with van der Waals surface area (Å²) in [6.45, 7) is 5.38. The van der Waals surface area contributed by atoms with Gasteiger partial charge in [0, 0.05) is 18.4 Å². The number of rotatable bonds is 5. The molecule has 1 saturated carbocycles. The maximum atomic E-state index is 14.7. The van der Waals surface area contributed by atoms with Crippen molar-refractivity contribution in [3.8, 4) is 33.6 Å². The number of hydrogen-bond donors (Lipinski definition) is 2. The molecule has 2 saturated heterocycles. The third-order valence-electron chi connectivity index (χ3n) is 11.3. The maximum Gasteiger partial charge on any atom is 0.411 e. The number of halogens is 2. The highest BCUT2D eigenvalue weighted by molar-refractivity contribution is 6.57. The van der Waals surface area contributed by atoms with Crippen LogP contribution in [0.15, 0.2) is 48.8 Å². The molecule has 2 N–H and O–H groups in total. The van der Waals surface area contributed by atoms with Crippen molar-refractivity contribution in [1.29, 1.82) is 0 Å². The molecule has 9 nitrogen and oxygen atoms in total. The van der Waals surface area contributed by atoms with Crippen LogP contribution in [0, 0.1) is 0 Å². The number of benzene rings is 2. The maximum absolute atomic E-state index is 14.7. The predicted octanol–water partition coefficient (Wildman–Crippen LogP) is 8.29. The summed E-state index contributed by atoms with van der Waals surface area (Å²) in [5, 5.41) is 0. The Morgan fingerprint density at radius 1 is 0.824 bits per heavy atom. The van der Waals surface area contributed by atoms with E-state index < -0.39 is 41.9 Å². The third-order valence-corrected chi connectivity index (χ3v) is 11.3. The van der Waals surface area contributed by atoms with E-state index >= 15 is 0 Å². The Hall–Kier alpha value is -4.48. The molecule has 0 unspecified atom stereocenters. The number of likely N-dealkylation sites (tertiary alicyclic amines) is 2. The summed E-state index contributed by atoms with van der Waals surface area (Å²) in [4.78, 5) is 43.6. The minimum atomic E-state index is -1.15. The molecular weight excluding hydrogens is 649 g/mol.